The summed E-state index contributed by atoms with van der Waals surface area (Å²) >= 11 is 8.75. The highest BCUT2D eigenvalue weighted by Crippen LogP contribution is 2.67. The second kappa shape index (κ2) is 4.34. The van der Waals surface area contributed by atoms with Crippen LogP contribution in [-0.4, -0.2) is 10.3 Å². The Morgan fingerprint density at radius 1 is 0.500 bits per heavy atom. The van der Waals surface area contributed by atoms with E-state index in [0.717, 1.165) is 0 Å². The van der Waals surface area contributed by atoms with Gasteiger partial charge in [-0.05, 0) is 0 Å². The normalized spacial score (nSPS) is 32.7. The molecule has 2 rings (SSSR count). The molecule has 22 heavy (non-hydrogen) atoms. The first kappa shape index (κ1) is 17.5. The molecule has 1 aromatic rings. The summed E-state index contributed by atoms with van der Waals surface area (Å²) in [5, 5.41) is -11.0. The summed E-state index contributed by atoms with van der Waals surface area (Å²) in [5.41, 5.74) is -5.92. The van der Waals surface area contributed by atoms with Crippen LogP contribution in [0, 0.1) is 23.3 Å². The molecule has 0 fully saturated rings. The maximum atomic E-state index is 13.7. The van der Waals surface area contributed by atoms with Crippen molar-refractivity contribution in [3.8, 4) is 0 Å². The van der Waals surface area contributed by atoms with E-state index in [1.807, 2.05) is 0 Å². The predicted molar refractivity (Wildman–Crippen MR) is 53.4 cm³/mol. The second-order valence-corrected chi connectivity index (χ2v) is 5.35. The molecule has 1 aliphatic carbocycles. The van der Waals surface area contributed by atoms with Gasteiger partial charge < -0.3 is 0 Å². The van der Waals surface area contributed by atoms with Crippen LogP contribution < -0.4 is 0 Å². The zero-order valence-corrected chi connectivity index (χ0v) is 11.0. The van der Waals surface area contributed by atoms with E-state index >= 15 is 0 Å². The van der Waals surface area contributed by atoms with Crippen molar-refractivity contribution in [2.45, 2.75) is 22.1 Å². The van der Waals surface area contributed by atoms with E-state index in [4.69, 9.17) is 0 Å². The minimum absolute atomic E-state index is 2.93. The first-order chi connectivity index (χ1) is 9.64. The zero-order valence-electron chi connectivity index (χ0n) is 9.54. The fourth-order valence-electron chi connectivity index (χ4n) is 1.93. The Kier molecular flexibility index (Phi) is 3.44. The lowest BCUT2D eigenvalue weighted by atomic mass is 9.81. The number of halogens is 12. The summed E-state index contributed by atoms with van der Waals surface area (Å²) in [4.78, 5) is 0. The summed E-state index contributed by atoms with van der Waals surface area (Å²) in [5.74, 6) is -23.5. The quantitative estimate of drug-likeness (QED) is 0.249. The van der Waals surface area contributed by atoms with E-state index in [-0.39, 0.29) is 0 Å². The fraction of sp³-hybridized carbons (Fsp3) is 0.400. The molecule has 0 aromatic heterocycles. The minimum atomic E-state index is -5.75. The molecule has 0 N–H and O–H groups in total. The van der Waals surface area contributed by atoms with Gasteiger partial charge >= 0.3 is 22.1 Å². The lowest BCUT2D eigenvalue weighted by molar-refractivity contribution is -0.234. The van der Waals surface area contributed by atoms with Crippen LogP contribution >= 0.6 is 23.2 Å². The molecule has 2 unspecified atom stereocenters. The molecular weight excluding hydrogens is 381 g/mol. The molecule has 0 nitrogen and oxygen atoms in total. The number of hydrogen-bond donors (Lipinski definition) is 0. The smallest absolute Gasteiger partial charge is 0.214 e. The van der Waals surface area contributed by atoms with E-state index in [2.05, 4.69) is 23.2 Å². The topological polar surface area (TPSA) is 0 Å². The van der Waals surface area contributed by atoms with Gasteiger partial charge in [-0.3, -0.25) is 0 Å². The average molecular weight is 381 g/mol. The summed E-state index contributed by atoms with van der Waals surface area (Å²) in [6.45, 7) is 0. The van der Waals surface area contributed by atoms with Gasteiger partial charge in [0.2, 0.25) is 0 Å². The van der Waals surface area contributed by atoms with Crippen molar-refractivity contribution in [1.29, 1.82) is 0 Å². The Balaban J connectivity index is 3.11. The molecule has 12 heteroatoms. The third-order valence-corrected chi connectivity index (χ3v) is 4.17. The van der Waals surface area contributed by atoms with Gasteiger partial charge in [0, 0.05) is 0 Å². The van der Waals surface area contributed by atoms with Gasteiger partial charge in [0.25, 0.3) is 0 Å². The molecule has 1 aromatic carbocycles. The first-order valence-electron chi connectivity index (χ1n) is 5.02. The van der Waals surface area contributed by atoms with Crippen molar-refractivity contribution in [1.82, 2.24) is 0 Å². The number of benzene rings is 1. The van der Waals surface area contributed by atoms with Gasteiger partial charge in [-0.25, -0.2) is 26.3 Å². The van der Waals surface area contributed by atoms with Crippen molar-refractivity contribution in [3.05, 3.63) is 34.4 Å². The van der Waals surface area contributed by atoms with Gasteiger partial charge in [-0.15, -0.1) is 0 Å². The lowest BCUT2D eigenvalue weighted by Crippen LogP contribution is -2.63. The lowest BCUT2D eigenvalue weighted by Gasteiger charge is -2.45. The largest absolute Gasteiger partial charge is 0.328 e. The van der Waals surface area contributed by atoms with Crippen LogP contribution in [0.1, 0.15) is 11.1 Å². The number of rotatable bonds is 0. The van der Waals surface area contributed by atoms with Gasteiger partial charge in [0.1, 0.15) is 0 Å². The fourth-order valence-corrected chi connectivity index (χ4v) is 2.36. The zero-order chi connectivity index (χ0) is 17.5. The highest BCUT2D eigenvalue weighted by atomic mass is 35.5. The van der Waals surface area contributed by atoms with Crippen LogP contribution in [0.5, 0.6) is 0 Å². The summed E-state index contributed by atoms with van der Waals surface area (Å²) < 4.78 is 135. The summed E-state index contributed by atoms with van der Waals surface area (Å²) in [6.07, 6.45) is 0. The molecule has 0 saturated heterocycles. The summed E-state index contributed by atoms with van der Waals surface area (Å²) in [6, 6.07) is 0. The molecule has 1 aliphatic rings. The molecule has 0 bridgehead atoms. The maximum Gasteiger partial charge on any atom is 0.328 e. The Bertz CT molecular complexity index is 609. The Morgan fingerprint density at radius 2 is 0.727 bits per heavy atom. The van der Waals surface area contributed by atoms with Crippen LogP contribution in [-0.2, 0) is 11.8 Å². The van der Waals surface area contributed by atoms with Crippen LogP contribution in [0.15, 0.2) is 0 Å². The maximum absolute atomic E-state index is 13.7. The molecule has 0 radical (unpaired) electrons. The standard InChI is InChI=1S/C10Cl2F10/c11-9(21)7(17,18)1-2(8(19,20)10(9,12)22)4(14)6(16)5(15)3(1)13. The predicted octanol–water partition coefficient (Wildman–Crippen LogP) is 5.25. The minimum Gasteiger partial charge on any atom is -0.214 e. The molecule has 0 saturated carbocycles. The molecule has 0 spiro atoms. The first-order valence-corrected chi connectivity index (χ1v) is 5.77. The van der Waals surface area contributed by atoms with Gasteiger partial charge in [0.15, 0.2) is 23.3 Å². The van der Waals surface area contributed by atoms with Crippen LogP contribution in [0.4, 0.5) is 43.9 Å². The van der Waals surface area contributed by atoms with Crippen LogP contribution in [0.2, 0.25) is 0 Å². The third-order valence-electron chi connectivity index (χ3n) is 3.08. The Morgan fingerprint density at radius 3 is 0.955 bits per heavy atom. The van der Waals surface area contributed by atoms with E-state index in [0.29, 0.717) is 0 Å². The Hall–Kier alpha value is -0.900. The molecule has 2 atom stereocenters. The van der Waals surface area contributed by atoms with Crippen LogP contribution in [0.25, 0.3) is 0 Å². The van der Waals surface area contributed by atoms with E-state index in [1.54, 1.807) is 0 Å². The molecule has 124 valence electrons. The molecular formula is C10Cl2F10. The number of alkyl halides is 8. The molecule has 0 aliphatic heterocycles. The van der Waals surface area contributed by atoms with Crippen molar-refractivity contribution < 1.29 is 43.9 Å². The van der Waals surface area contributed by atoms with Crippen molar-refractivity contribution in [2.75, 3.05) is 0 Å². The second-order valence-electron chi connectivity index (χ2n) is 4.30. The Labute approximate surface area is 124 Å². The van der Waals surface area contributed by atoms with E-state index < -0.39 is 56.5 Å². The van der Waals surface area contributed by atoms with Crippen molar-refractivity contribution in [3.63, 3.8) is 0 Å². The van der Waals surface area contributed by atoms with E-state index in [9.17, 15) is 43.9 Å². The average Bonchev–Trinajstić information content (AvgIpc) is 2.37. The SMILES string of the molecule is Fc1c(F)c(F)c2c(c1F)C(F)(F)C(F)(Cl)C(F)(Cl)C2(F)F. The number of fused-ring (bicyclic) bond motifs is 1. The van der Waals surface area contributed by atoms with Crippen molar-refractivity contribution >= 4 is 23.2 Å². The van der Waals surface area contributed by atoms with Gasteiger partial charge in [-0.1, -0.05) is 23.2 Å². The highest BCUT2D eigenvalue weighted by molar-refractivity contribution is 6.34. The monoisotopic (exact) mass is 380 g/mol. The van der Waals surface area contributed by atoms with Crippen LogP contribution in [0.3, 0.4) is 0 Å². The summed E-state index contributed by atoms with van der Waals surface area (Å²) in [7, 11) is 0. The van der Waals surface area contributed by atoms with Gasteiger partial charge in [0.05, 0.1) is 11.1 Å². The number of hydrogen-bond acceptors (Lipinski definition) is 0. The third kappa shape index (κ3) is 1.62. The van der Waals surface area contributed by atoms with E-state index in [1.165, 1.54) is 0 Å². The molecule has 0 amide bonds. The van der Waals surface area contributed by atoms with Crippen molar-refractivity contribution in [2.24, 2.45) is 0 Å². The molecule has 0 heterocycles. The highest BCUT2D eigenvalue weighted by Gasteiger charge is 2.83. The van der Waals surface area contributed by atoms with Gasteiger partial charge in [-0.2, -0.15) is 17.6 Å².